The maximum absolute atomic E-state index is 10.2. The molecule has 0 saturated heterocycles. The van der Waals surface area contributed by atoms with Gasteiger partial charge in [-0.05, 0) is 68.9 Å². The monoisotopic (exact) mass is 342 g/mol. The molecule has 25 heavy (non-hydrogen) atoms. The number of pyridine rings is 1. The number of nitrogens with one attached hydrogen (secondary N) is 1. The summed E-state index contributed by atoms with van der Waals surface area (Å²) in [5, 5.41) is 13.5. The van der Waals surface area contributed by atoms with Crippen LogP contribution in [0.4, 0.5) is 0 Å². The molecule has 2 rings (SSSR count). The van der Waals surface area contributed by atoms with E-state index >= 15 is 0 Å². The first-order valence-electron chi connectivity index (χ1n) is 8.54. The SMILES string of the molecule is Cc1c[c]cc(C)c1OCC(O)CNCC(c1cccnc1)N(C)C. The molecule has 5 nitrogen and oxygen atoms in total. The second-order valence-electron chi connectivity index (χ2n) is 6.54. The Morgan fingerprint density at radius 1 is 1.24 bits per heavy atom. The molecule has 0 fully saturated rings. The quantitative estimate of drug-likeness (QED) is 0.731. The molecule has 2 atom stereocenters. The predicted octanol–water partition coefficient (Wildman–Crippen LogP) is 2.13. The minimum atomic E-state index is -0.570. The molecular weight excluding hydrogens is 314 g/mol. The van der Waals surface area contributed by atoms with Crippen molar-refractivity contribution >= 4 is 0 Å². The number of benzene rings is 1. The van der Waals surface area contributed by atoms with Gasteiger partial charge in [-0.3, -0.25) is 4.98 Å². The second kappa shape index (κ2) is 9.51. The number of aliphatic hydroxyl groups excluding tert-OH is 1. The van der Waals surface area contributed by atoms with Crippen molar-refractivity contribution in [3.63, 3.8) is 0 Å². The van der Waals surface area contributed by atoms with E-state index in [2.05, 4.69) is 27.3 Å². The third kappa shape index (κ3) is 5.81. The van der Waals surface area contributed by atoms with Crippen LogP contribution >= 0.6 is 0 Å². The van der Waals surface area contributed by atoms with Crippen LogP contribution in [0.1, 0.15) is 22.7 Å². The maximum atomic E-state index is 10.2. The van der Waals surface area contributed by atoms with Crippen LogP contribution in [-0.2, 0) is 0 Å². The van der Waals surface area contributed by atoms with Crippen LogP contribution in [0.2, 0.25) is 0 Å². The van der Waals surface area contributed by atoms with Crippen LogP contribution in [0.25, 0.3) is 0 Å². The Morgan fingerprint density at radius 2 is 1.96 bits per heavy atom. The van der Waals surface area contributed by atoms with Gasteiger partial charge in [0.05, 0.1) is 0 Å². The molecule has 0 amide bonds. The number of aromatic nitrogens is 1. The van der Waals surface area contributed by atoms with Crippen LogP contribution in [0, 0.1) is 19.9 Å². The van der Waals surface area contributed by atoms with Gasteiger partial charge >= 0.3 is 0 Å². The van der Waals surface area contributed by atoms with Crippen LogP contribution in [0.15, 0.2) is 36.7 Å². The van der Waals surface area contributed by atoms with E-state index in [4.69, 9.17) is 4.74 Å². The molecule has 0 aliphatic carbocycles. The highest BCUT2D eigenvalue weighted by Gasteiger charge is 2.15. The summed E-state index contributed by atoms with van der Waals surface area (Å²) in [4.78, 5) is 6.32. The number of aliphatic hydroxyl groups is 1. The van der Waals surface area contributed by atoms with Crippen molar-refractivity contribution < 1.29 is 9.84 Å². The molecule has 0 saturated carbocycles. The molecule has 2 unspecified atom stereocenters. The number of rotatable bonds is 9. The van der Waals surface area contributed by atoms with E-state index in [1.807, 2.05) is 52.3 Å². The number of hydrogen-bond donors (Lipinski definition) is 2. The van der Waals surface area contributed by atoms with Gasteiger partial charge in [0.1, 0.15) is 18.5 Å². The van der Waals surface area contributed by atoms with E-state index in [9.17, 15) is 5.11 Å². The summed E-state index contributed by atoms with van der Waals surface area (Å²) >= 11 is 0. The summed E-state index contributed by atoms with van der Waals surface area (Å²) in [6, 6.07) is 11.1. The molecule has 0 aliphatic rings. The summed E-state index contributed by atoms with van der Waals surface area (Å²) in [6.45, 7) is 5.44. The molecular formula is C20H28N3O2. The third-order valence-corrected chi connectivity index (χ3v) is 4.15. The van der Waals surface area contributed by atoms with Gasteiger partial charge in [0, 0.05) is 31.5 Å². The molecule has 1 aromatic carbocycles. The lowest BCUT2D eigenvalue weighted by atomic mass is 10.1. The molecule has 0 spiro atoms. The van der Waals surface area contributed by atoms with Crippen LogP contribution in [0.3, 0.4) is 0 Å². The fourth-order valence-corrected chi connectivity index (χ4v) is 2.76. The smallest absolute Gasteiger partial charge is 0.125 e. The molecule has 5 heteroatoms. The lowest BCUT2D eigenvalue weighted by molar-refractivity contribution is 0.104. The molecule has 1 aromatic heterocycles. The van der Waals surface area contributed by atoms with Crippen molar-refractivity contribution in [2.45, 2.75) is 26.0 Å². The summed E-state index contributed by atoms with van der Waals surface area (Å²) < 4.78 is 5.79. The molecule has 1 heterocycles. The van der Waals surface area contributed by atoms with Gasteiger partial charge in [0.15, 0.2) is 0 Å². The number of nitrogens with zero attached hydrogens (tertiary/aromatic N) is 2. The van der Waals surface area contributed by atoms with Crippen LogP contribution < -0.4 is 10.1 Å². The predicted molar refractivity (Wildman–Crippen MR) is 99.8 cm³/mol. The average Bonchev–Trinajstić information content (AvgIpc) is 2.58. The fourth-order valence-electron chi connectivity index (χ4n) is 2.76. The zero-order chi connectivity index (χ0) is 18.2. The summed E-state index contributed by atoms with van der Waals surface area (Å²) in [6.07, 6.45) is 3.08. The first-order valence-corrected chi connectivity index (χ1v) is 8.54. The normalized spacial score (nSPS) is 13.7. The van der Waals surface area contributed by atoms with E-state index in [0.717, 1.165) is 29.0 Å². The van der Waals surface area contributed by atoms with E-state index in [0.29, 0.717) is 6.54 Å². The van der Waals surface area contributed by atoms with E-state index in [1.165, 1.54) is 0 Å². The van der Waals surface area contributed by atoms with Gasteiger partial charge in [-0.25, -0.2) is 0 Å². The fraction of sp³-hybridized carbons (Fsp3) is 0.450. The summed E-state index contributed by atoms with van der Waals surface area (Å²) in [5.41, 5.74) is 3.21. The lowest BCUT2D eigenvalue weighted by Gasteiger charge is -2.25. The lowest BCUT2D eigenvalue weighted by Crippen LogP contribution is -2.37. The van der Waals surface area contributed by atoms with Gasteiger partial charge in [-0.2, -0.15) is 0 Å². The van der Waals surface area contributed by atoms with Crippen molar-refractivity contribution in [2.24, 2.45) is 0 Å². The highest BCUT2D eigenvalue weighted by molar-refractivity contribution is 5.39. The third-order valence-electron chi connectivity index (χ3n) is 4.15. The van der Waals surface area contributed by atoms with Crippen molar-refractivity contribution in [3.8, 4) is 5.75 Å². The zero-order valence-electron chi connectivity index (χ0n) is 15.5. The van der Waals surface area contributed by atoms with Crippen molar-refractivity contribution in [3.05, 3.63) is 59.4 Å². The van der Waals surface area contributed by atoms with Gasteiger partial charge in [0.25, 0.3) is 0 Å². The highest BCUT2D eigenvalue weighted by atomic mass is 16.5. The van der Waals surface area contributed by atoms with E-state index in [-0.39, 0.29) is 12.6 Å². The molecule has 2 aromatic rings. The van der Waals surface area contributed by atoms with Gasteiger partial charge in [0.2, 0.25) is 0 Å². The average molecular weight is 342 g/mol. The van der Waals surface area contributed by atoms with E-state index in [1.54, 1.807) is 6.20 Å². The standard InChI is InChI=1S/C20H28N3O2/c1-15-7-5-8-16(2)20(15)25-14-18(24)12-22-13-19(23(3)4)17-9-6-10-21-11-17/h6-11,18-19,22,24H,12-14H2,1-4H3. The summed E-state index contributed by atoms with van der Waals surface area (Å²) in [5.74, 6) is 0.833. The number of likely N-dealkylation sites (N-methyl/N-ethyl adjacent to an activating group) is 1. The van der Waals surface area contributed by atoms with Gasteiger partial charge in [-0.15, -0.1) is 0 Å². The molecule has 0 aliphatic heterocycles. The molecule has 1 radical (unpaired) electrons. The van der Waals surface area contributed by atoms with Crippen LogP contribution in [0.5, 0.6) is 5.75 Å². The Labute approximate surface area is 150 Å². The Hall–Kier alpha value is -1.95. The summed E-state index contributed by atoms with van der Waals surface area (Å²) in [7, 11) is 4.08. The van der Waals surface area contributed by atoms with Gasteiger partial charge < -0.3 is 20.1 Å². The Bertz CT molecular complexity index is 626. The topological polar surface area (TPSA) is 57.6 Å². The second-order valence-corrected chi connectivity index (χ2v) is 6.54. The van der Waals surface area contributed by atoms with Gasteiger partial charge in [-0.1, -0.05) is 6.07 Å². The van der Waals surface area contributed by atoms with Crippen LogP contribution in [-0.4, -0.2) is 54.9 Å². The van der Waals surface area contributed by atoms with Crippen molar-refractivity contribution in [1.82, 2.24) is 15.2 Å². The minimum absolute atomic E-state index is 0.205. The Balaban J connectivity index is 1.80. The maximum Gasteiger partial charge on any atom is 0.125 e. The van der Waals surface area contributed by atoms with Crippen molar-refractivity contribution in [2.75, 3.05) is 33.8 Å². The Morgan fingerprint density at radius 3 is 2.56 bits per heavy atom. The zero-order valence-corrected chi connectivity index (χ0v) is 15.5. The number of aryl methyl sites for hydroxylation is 2. The minimum Gasteiger partial charge on any atom is -0.490 e. The largest absolute Gasteiger partial charge is 0.490 e. The first-order chi connectivity index (χ1) is 12.0. The number of ether oxygens (including phenoxy) is 1. The Kier molecular flexibility index (Phi) is 7.37. The molecule has 135 valence electrons. The number of hydrogen-bond acceptors (Lipinski definition) is 5. The van der Waals surface area contributed by atoms with E-state index < -0.39 is 6.10 Å². The molecule has 2 N–H and O–H groups in total. The van der Waals surface area contributed by atoms with Crippen molar-refractivity contribution in [1.29, 1.82) is 0 Å². The first kappa shape index (κ1) is 19.4. The highest BCUT2D eigenvalue weighted by Crippen LogP contribution is 2.22. The molecule has 0 bridgehead atoms.